The van der Waals surface area contributed by atoms with E-state index in [1.165, 1.54) is 16.8 Å². The van der Waals surface area contributed by atoms with Gasteiger partial charge in [0.15, 0.2) is 5.69 Å². The first-order chi connectivity index (χ1) is 15.3. The maximum atomic E-state index is 12.6. The molecule has 3 rings (SSSR count). The van der Waals surface area contributed by atoms with E-state index < -0.39 is 17.8 Å². The van der Waals surface area contributed by atoms with Crippen molar-refractivity contribution >= 4 is 52.4 Å². The molecule has 2 amide bonds. The van der Waals surface area contributed by atoms with Crippen LogP contribution in [0.1, 0.15) is 33.5 Å². The number of aromatic nitrogens is 3. The maximum Gasteiger partial charge on any atom is 0.338 e. The summed E-state index contributed by atoms with van der Waals surface area (Å²) in [5, 5.41) is 13.8. The number of benzene rings is 2. The first-order valence-electron chi connectivity index (χ1n) is 9.52. The predicted octanol–water partition coefficient (Wildman–Crippen LogP) is 3.96. The molecule has 166 valence electrons. The zero-order valence-electron chi connectivity index (χ0n) is 17.2. The molecule has 1 aromatic heterocycles. The zero-order chi connectivity index (χ0) is 23.3. The van der Waals surface area contributed by atoms with Gasteiger partial charge in [-0.3, -0.25) is 9.59 Å². The number of rotatable bonds is 7. The van der Waals surface area contributed by atoms with Crippen molar-refractivity contribution in [3.8, 4) is 0 Å². The summed E-state index contributed by atoms with van der Waals surface area (Å²) in [6.07, 6.45) is 0. The number of anilines is 2. The molecule has 0 saturated heterocycles. The Balaban J connectivity index is 1.67. The summed E-state index contributed by atoms with van der Waals surface area (Å²) in [4.78, 5) is 36.9. The number of hydrogen-bond acceptors (Lipinski definition) is 6. The van der Waals surface area contributed by atoms with Crippen molar-refractivity contribution in [3.63, 3.8) is 0 Å². The molecule has 0 radical (unpaired) electrons. The minimum absolute atomic E-state index is 0.0400. The molecule has 0 atom stereocenters. The second kappa shape index (κ2) is 10.3. The summed E-state index contributed by atoms with van der Waals surface area (Å²) in [7, 11) is 0. The van der Waals surface area contributed by atoms with E-state index in [9.17, 15) is 14.4 Å². The van der Waals surface area contributed by atoms with Crippen LogP contribution >= 0.6 is 23.2 Å². The van der Waals surface area contributed by atoms with Crippen molar-refractivity contribution in [3.05, 3.63) is 69.5 Å². The summed E-state index contributed by atoms with van der Waals surface area (Å²) in [6, 6.07) is 11.0. The second-order valence-electron chi connectivity index (χ2n) is 6.61. The molecule has 0 unspecified atom stereocenters. The van der Waals surface area contributed by atoms with Gasteiger partial charge in [-0.2, -0.15) is 0 Å². The Hall–Kier alpha value is -3.43. The molecule has 11 heteroatoms. The number of carbonyl (C=O) groups is 3. The highest BCUT2D eigenvalue weighted by Gasteiger charge is 2.19. The molecule has 0 fully saturated rings. The van der Waals surface area contributed by atoms with E-state index in [0.29, 0.717) is 32.7 Å². The van der Waals surface area contributed by atoms with Crippen molar-refractivity contribution in [1.29, 1.82) is 0 Å². The lowest BCUT2D eigenvalue weighted by Gasteiger charge is -2.09. The first kappa shape index (κ1) is 23.2. The molecule has 0 aliphatic heterocycles. The maximum absolute atomic E-state index is 12.6. The van der Waals surface area contributed by atoms with E-state index in [1.807, 2.05) is 0 Å². The summed E-state index contributed by atoms with van der Waals surface area (Å²) >= 11 is 12.0. The van der Waals surface area contributed by atoms with Crippen LogP contribution < -0.4 is 10.6 Å². The van der Waals surface area contributed by atoms with Crippen LogP contribution in [0.2, 0.25) is 10.0 Å². The van der Waals surface area contributed by atoms with Gasteiger partial charge in [0, 0.05) is 10.7 Å². The van der Waals surface area contributed by atoms with E-state index in [-0.39, 0.29) is 18.8 Å². The Labute approximate surface area is 193 Å². The summed E-state index contributed by atoms with van der Waals surface area (Å²) < 4.78 is 6.24. The Bertz CT molecular complexity index is 1180. The van der Waals surface area contributed by atoms with E-state index >= 15 is 0 Å². The van der Waals surface area contributed by atoms with Gasteiger partial charge in [0.05, 0.1) is 28.6 Å². The molecule has 3 aromatic rings. The van der Waals surface area contributed by atoms with Crippen LogP contribution in [0.25, 0.3) is 0 Å². The van der Waals surface area contributed by atoms with Crippen LogP contribution in [-0.4, -0.2) is 39.4 Å². The number of amides is 2. The van der Waals surface area contributed by atoms with Gasteiger partial charge >= 0.3 is 5.97 Å². The third kappa shape index (κ3) is 5.63. The van der Waals surface area contributed by atoms with E-state index in [4.69, 9.17) is 27.9 Å². The number of nitrogens with one attached hydrogen (secondary N) is 2. The van der Waals surface area contributed by atoms with Gasteiger partial charge in [0.2, 0.25) is 5.91 Å². The number of ether oxygens (including phenoxy) is 1. The smallest absolute Gasteiger partial charge is 0.338 e. The number of esters is 1. The van der Waals surface area contributed by atoms with Gasteiger partial charge in [-0.25, -0.2) is 9.48 Å². The third-order valence-electron chi connectivity index (χ3n) is 4.33. The molecule has 0 aliphatic carbocycles. The fourth-order valence-corrected chi connectivity index (χ4v) is 3.11. The zero-order valence-corrected chi connectivity index (χ0v) is 18.7. The third-order valence-corrected chi connectivity index (χ3v) is 4.89. The fraction of sp³-hybridized carbons (Fsp3) is 0.190. The molecule has 9 nitrogen and oxygen atoms in total. The Morgan fingerprint density at radius 1 is 1.09 bits per heavy atom. The predicted molar refractivity (Wildman–Crippen MR) is 120 cm³/mol. The molecular formula is C21H19Cl2N5O4. The van der Waals surface area contributed by atoms with Gasteiger partial charge in [-0.15, -0.1) is 5.10 Å². The molecule has 0 aliphatic rings. The number of carbonyl (C=O) groups excluding carboxylic acids is 3. The van der Waals surface area contributed by atoms with Gasteiger partial charge in [-0.1, -0.05) is 34.5 Å². The molecule has 32 heavy (non-hydrogen) atoms. The Kier molecular flexibility index (Phi) is 7.45. The van der Waals surface area contributed by atoms with Gasteiger partial charge in [0.25, 0.3) is 5.91 Å². The van der Waals surface area contributed by atoms with Crippen molar-refractivity contribution in [2.45, 2.75) is 20.4 Å². The average molecular weight is 476 g/mol. The van der Waals surface area contributed by atoms with Crippen molar-refractivity contribution in [1.82, 2.24) is 15.0 Å². The monoisotopic (exact) mass is 475 g/mol. The summed E-state index contributed by atoms with van der Waals surface area (Å²) in [5.74, 6) is -1.43. The lowest BCUT2D eigenvalue weighted by molar-refractivity contribution is -0.117. The highest BCUT2D eigenvalue weighted by molar-refractivity contribution is 6.35. The standard InChI is InChI=1S/C21H19Cl2N5O4/c1-3-32-21(31)13-5-4-6-15(9-13)24-18(29)11-28-12(2)19(26-27-28)20(30)25-17-10-14(22)7-8-16(17)23/h4-10H,3,11H2,1-2H3,(H,24,29)(H,25,30). The lowest BCUT2D eigenvalue weighted by atomic mass is 10.2. The molecule has 2 aromatic carbocycles. The van der Waals surface area contributed by atoms with E-state index in [1.54, 1.807) is 44.2 Å². The van der Waals surface area contributed by atoms with Gasteiger partial charge in [-0.05, 0) is 50.2 Å². The summed E-state index contributed by atoms with van der Waals surface area (Å²) in [5.41, 5.74) is 1.50. The number of nitrogens with zero attached hydrogens (tertiary/aromatic N) is 3. The lowest BCUT2D eigenvalue weighted by Crippen LogP contribution is -2.21. The van der Waals surface area contributed by atoms with Crippen molar-refractivity contribution < 1.29 is 19.1 Å². The number of halogens is 2. The molecular weight excluding hydrogens is 457 g/mol. The molecule has 1 heterocycles. The average Bonchev–Trinajstić information content (AvgIpc) is 3.11. The van der Waals surface area contributed by atoms with Crippen LogP contribution in [0.5, 0.6) is 0 Å². The minimum Gasteiger partial charge on any atom is -0.462 e. The highest BCUT2D eigenvalue weighted by atomic mass is 35.5. The normalized spacial score (nSPS) is 10.5. The van der Waals surface area contributed by atoms with Crippen molar-refractivity contribution in [2.24, 2.45) is 0 Å². The minimum atomic E-state index is -0.541. The molecule has 2 N–H and O–H groups in total. The molecule has 0 saturated carbocycles. The highest BCUT2D eigenvalue weighted by Crippen LogP contribution is 2.26. The van der Waals surface area contributed by atoms with E-state index in [0.717, 1.165) is 0 Å². The van der Waals surface area contributed by atoms with Crippen LogP contribution in [0.4, 0.5) is 11.4 Å². The Morgan fingerprint density at radius 3 is 2.62 bits per heavy atom. The first-order valence-corrected chi connectivity index (χ1v) is 10.3. The quantitative estimate of drug-likeness (QED) is 0.499. The Morgan fingerprint density at radius 2 is 1.88 bits per heavy atom. The second-order valence-corrected chi connectivity index (χ2v) is 7.45. The van der Waals surface area contributed by atoms with Crippen LogP contribution in [0, 0.1) is 6.92 Å². The van der Waals surface area contributed by atoms with Crippen LogP contribution in [-0.2, 0) is 16.1 Å². The van der Waals surface area contributed by atoms with Crippen molar-refractivity contribution in [2.75, 3.05) is 17.2 Å². The fourth-order valence-electron chi connectivity index (χ4n) is 2.77. The molecule has 0 spiro atoms. The van der Waals surface area contributed by atoms with Gasteiger partial charge in [0.1, 0.15) is 6.54 Å². The van der Waals surface area contributed by atoms with Gasteiger partial charge < -0.3 is 15.4 Å². The SMILES string of the molecule is CCOC(=O)c1cccc(NC(=O)Cn2nnc(C(=O)Nc3cc(Cl)ccc3Cl)c2C)c1. The van der Waals surface area contributed by atoms with Crippen LogP contribution in [0.3, 0.4) is 0 Å². The summed E-state index contributed by atoms with van der Waals surface area (Å²) in [6.45, 7) is 3.39. The topological polar surface area (TPSA) is 115 Å². The largest absolute Gasteiger partial charge is 0.462 e. The van der Waals surface area contributed by atoms with E-state index in [2.05, 4.69) is 20.9 Å². The molecule has 0 bridgehead atoms. The number of hydrogen-bond donors (Lipinski definition) is 2. The van der Waals surface area contributed by atoms with Crippen LogP contribution in [0.15, 0.2) is 42.5 Å².